The number of aliphatic hydroxyl groups excluding tert-OH is 2. The molecule has 4 N–H and O–H groups in total. The van der Waals surface area contributed by atoms with E-state index in [1.54, 1.807) is 85.4 Å². The molecule has 0 aliphatic carbocycles. The molecule has 8 atom stereocenters. The predicted octanol–water partition coefficient (Wildman–Crippen LogP) is 5.54. The monoisotopic (exact) mass is 1270 g/mol. The van der Waals surface area contributed by atoms with E-state index in [0.29, 0.717) is 42.9 Å². The quantitative estimate of drug-likeness (QED) is 0.158. The lowest BCUT2D eigenvalue weighted by atomic mass is 9.92. The van der Waals surface area contributed by atoms with Gasteiger partial charge in [-0.15, -0.1) is 0 Å². The molecule has 0 spiro atoms. The summed E-state index contributed by atoms with van der Waals surface area (Å²) < 4.78 is 52.3. The lowest BCUT2D eigenvalue weighted by Crippen LogP contribution is -2.66. The fourth-order valence-electron chi connectivity index (χ4n) is 12.2. The van der Waals surface area contributed by atoms with E-state index >= 15 is 0 Å². The van der Waals surface area contributed by atoms with Crippen molar-refractivity contribution in [1.29, 1.82) is 0 Å². The van der Waals surface area contributed by atoms with Crippen LogP contribution in [0.25, 0.3) is 0 Å². The third-order valence-corrected chi connectivity index (χ3v) is 16.7. The number of amides is 8. The molecular formula is C68H84F2N8O14. The van der Waals surface area contributed by atoms with Crippen LogP contribution in [0.2, 0.25) is 0 Å². The summed E-state index contributed by atoms with van der Waals surface area (Å²) in [6.45, 7) is 12.9. The van der Waals surface area contributed by atoms with Crippen LogP contribution in [-0.4, -0.2) is 200 Å². The number of nitrogens with one attached hydrogen (secondary N) is 2. The number of piperazine rings is 2. The minimum Gasteiger partial charge on any atom is -0.493 e. The van der Waals surface area contributed by atoms with Gasteiger partial charge in [-0.1, -0.05) is 66.7 Å². The highest BCUT2D eigenvalue weighted by Crippen LogP contribution is 2.30. The summed E-state index contributed by atoms with van der Waals surface area (Å²) in [4.78, 5) is 117. The minimum absolute atomic E-state index is 0.0135. The number of halogens is 2. The van der Waals surface area contributed by atoms with Gasteiger partial charge in [-0.2, -0.15) is 0 Å². The number of carbonyl (C=O) groups excluding carboxylic acids is 8. The summed E-state index contributed by atoms with van der Waals surface area (Å²) in [5, 5.41) is 29.8. The van der Waals surface area contributed by atoms with Gasteiger partial charge in [-0.3, -0.25) is 38.6 Å². The predicted molar refractivity (Wildman–Crippen MR) is 332 cm³/mol. The number of fused-ring (bicyclic) bond motifs is 8. The van der Waals surface area contributed by atoms with Gasteiger partial charge >= 0.3 is 12.2 Å². The molecule has 4 fully saturated rings. The van der Waals surface area contributed by atoms with Crippen LogP contribution in [0.4, 0.5) is 18.4 Å². The van der Waals surface area contributed by atoms with E-state index in [9.17, 15) is 57.4 Å². The number of hydrogen-bond donors (Lipinski definition) is 4. The van der Waals surface area contributed by atoms with Gasteiger partial charge in [0.25, 0.3) is 0 Å². The molecule has 92 heavy (non-hydrogen) atoms. The number of aliphatic hydroxyl groups is 2. The minimum atomic E-state index is -1.62. The van der Waals surface area contributed by atoms with Gasteiger partial charge in [0.1, 0.15) is 65.2 Å². The number of ether oxygens (including phenoxy) is 4. The molecule has 2 unspecified atom stereocenters. The molecule has 8 amide bonds. The van der Waals surface area contributed by atoms with Gasteiger partial charge in [0, 0.05) is 90.4 Å². The molecule has 494 valence electrons. The molecule has 10 rings (SSSR count). The van der Waals surface area contributed by atoms with Crippen molar-refractivity contribution in [3.05, 3.63) is 143 Å². The molecule has 0 saturated carbocycles. The summed E-state index contributed by atoms with van der Waals surface area (Å²) >= 11 is 0. The van der Waals surface area contributed by atoms with Gasteiger partial charge in [-0.25, -0.2) is 18.4 Å². The van der Waals surface area contributed by atoms with Crippen LogP contribution >= 0.6 is 0 Å². The summed E-state index contributed by atoms with van der Waals surface area (Å²) in [6.07, 6.45) is -0.172. The fourth-order valence-corrected chi connectivity index (χ4v) is 12.2. The highest BCUT2D eigenvalue weighted by atomic mass is 19.1. The third-order valence-electron chi connectivity index (χ3n) is 16.7. The Morgan fingerprint density at radius 1 is 0.565 bits per heavy atom. The Labute approximate surface area is 534 Å². The van der Waals surface area contributed by atoms with Crippen LogP contribution in [0.15, 0.2) is 109 Å². The molecule has 8 bridgehead atoms. The van der Waals surface area contributed by atoms with E-state index in [1.807, 2.05) is 60.7 Å². The summed E-state index contributed by atoms with van der Waals surface area (Å²) in [5.41, 5.74) is 0.825. The number of rotatable bonds is 8. The maximum atomic E-state index is 14.8. The van der Waals surface area contributed by atoms with Crippen molar-refractivity contribution in [2.45, 2.75) is 141 Å². The van der Waals surface area contributed by atoms with E-state index in [-0.39, 0.29) is 109 Å². The first-order valence-corrected chi connectivity index (χ1v) is 31.4. The Morgan fingerprint density at radius 3 is 1.48 bits per heavy atom. The molecule has 6 aliphatic rings. The summed E-state index contributed by atoms with van der Waals surface area (Å²) in [7, 11) is 0. The standard InChI is InChI=1S/C34H43FN4O7.C34H41FN4O7/c2*1-34(2,3)46-33(44)39-13-12-38(20-22-9-5-4-6-10-22)32(43)29(39)30(41)27-17-23-15-25(35)19-26(16-23)45-14-8-7-11-37-21-24(18-28(37)40)31(42)36-27/h4-6,9-10,15-16,19,24,27,29-30,41H,7-8,11-14,17-18,20-21H2,1-3H3,(H,36,42);4-10,15-16,19,24,27,29-30,41H,11-14,17-18,20-21H2,1-3H3,(H,36,42)/t2*24?,27-,29-,30-/m00/s1. The van der Waals surface area contributed by atoms with Crippen molar-refractivity contribution in [1.82, 2.24) is 40.0 Å². The SMILES string of the molecule is CC(C)(C)OC(=O)N1CCN(Cc2ccccc2)C(=O)[C@@H]1[C@@H](O)[C@@H]1Cc2cc(F)cc(c2)OCC=CCN2CC(CC2=O)C(=O)N1.CC(C)(C)OC(=O)N1CCN(Cc2ccccc2)C(=O)[C@@H]1[C@@H](O)[C@@H]1Cc2cc(F)cc(c2)OCCCCN2CC(CC2=O)C(=O)N1. The Morgan fingerprint density at radius 2 is 1.01 bits per heavy atom. The van der Waals surface area contributed by atoms with E-state index in [0.717, 1.165) is 11.1 Å². The van der Waals surface area contributed by atoms with Crippen molar-refractivity contribution >= 4 is 47.6 Å². The topological polar surface area (TPSA) is 257 Å². The van der Waals surface area contributed by atoms with Gasteiger partial charge in [-0.05, 0) is 120 Å². The molecule has 6 aliphatic heterocycles. The third kappa shape index (κ3) is 17.9. The molecule has 6 heterocycles. The zero-order chi connectivity index (χ0) is 66.0. The number of nitrogens with zero attached hydrogens (tertiary/aromatic N) is 6. The Bertz CT molecular complexity index is 3350. The second-order valence-electron chi connectivity index (χ2n) is 26.2. The van der Waals surface area contributed by atoms with Crippen LogP contribution in [0, 0.1) is 23.5 Å². The van der Waals surface area contributed by atoms with Gasteiger partial charge in [0.15, 0.2) is 0 Å². The molecule has 4 aromatic rings. The number of hydrogen-bond acceptors (Lipinski definition) is 14. The zero-order valence-corrected chi connectivity index (χ0v) is 53.0. The first-order valence-electron chi connectivity index (χ1n) is 31.4. The van der Waals surface area contributed by atoms with Crippen LogP contribution in [-0.2, 0) is 64.2 Å². The van der Waals surface area contributed by atoms with Crippen LogP contribution < -0.4 is 20.1 Å². The van der Waals surface area contributed by atoms with Crippen molar-refractivity contribution in [3.63, 3.8) is 0 Å². The highest BCUT2D eigenvalue weighted by molar-refractivity contribution is 5.92. The van der Waals surface area contributed by atoms with Crippen LogP contribution in [0.3, 0.4) is 0 Å². The van der Waals surface area contributed by atoms with Crippen molar-refractivity contribution < 1.29 is 76.3 Å². The summed E-state index contributed by atoms with van der Waals surface area (Å²) in [5.74, 6) is -4.24. The molecule has 4 aromatic carbocycles. The number of benzene rings is 4. The van der Waals surface area contributed by atoms with Crippen LogP contribution in [0.5, 0.6) is 11.5 Å². The van der Waals surface area contributed by atoms with Crippen molar-refractivity contribution in [3.8, 4) is 11.5 Å². The smallest absolute Gasteiger partial charge is 0.411 e. The fraction of sp³-hybridized carbons (Fsp3) is 0.500. The van der Waals surface area contributed by atoms with E-state index in [2.05, 4.69) is 10.6 Å². The Hall–Kier alpha value is -8.64. The first kappa shape index (κ1) is 67.7. The van der Waals surface area contributed by atoms with E-state index in [1.165, 1.54) is 34.1 Å². The second-order valence-corrected chi connectivity index (χ2v) is 26.2. The highest BCUT2D eigenvalue weighted by Gasteiger charge is 2.49. The molecule has 0 aromatic heterocycles. The van der Waals surface area contributed by atoms with Gasteiger partial charge < -0.3 is 59.4 Å². The molecule has 4 saturated heterocycles. The lowest BCUT2D eigenvalue weighted by molar-refractivity contribution is -0.149. The largest absolute Gasteiger partial charge is 0.493 e. The van der Waals surface area contributed by atoms with Gasteiger partial charge in [0.05, 0.1) is 30.5 Å². The average Bonchev–Trinajstić information content (AvgIpc) is 1.21. The van der Waals surface area contributed by atoms with E-state index < -0.39 is 107 Å². The zero-order valence-electron chi connectivity index (χ0n) is 53.0. The Kier molecular flexibility index (Phi) is 21.9. The summed E-state index contributed by atoms with van der Waals surface area (Å²) in [6, 6.07) is 21.9. The molecule has 22 nitrogen and oxygen atoms in total. The number of carbonyl (C=O) groups is 8. The first-order chi connectivity index (χ1) is 43.7. The van der Waals surface area contributed by atoms with Crippen LogP contribution in [0.1, 0.15) is 89.5 Å². The lowest BCUT2D eigenvalue weighted by Gasteiger charge is -2.44. The van der Waals surface area contributed by atoms with Gasteiger partial charge in [0.2, 0.25) is 35.4 Å². The normalized spacial score (nSPS) is 23.5. The van der Waals surface area contributed by atoms with Crippen molar-refractivity contribution in [2.24, 2.45) is 11.8 Å². The molecule has 0 radical (unpaired) electrons. The van der Waals surface area contributed by atoms with Crippen molar-refractivity contribution in [2.75, 3.05) is 65.6 Å². The maximum Gasteiger partial charge on any atom is 0.411 e. The average molecular weight is 1280 g/mol. The molecule has 24 heteroatoms. The molecular weight excluding hydrogens is 1190 g/mol. The Balaban J connectivity index is 0.000000217. The maximum absolute atomic E-state index is 14.8. The second kappa shape index (κ2) is 29.8. The van der Waals surface area contributed by atoms with E-state index in [4.69, 9.17) is 18.9 Å².